The molecule has 0 aliphatic heterocycles. The number of guanidine groups is 1. The summed E-state index contributed by atoms with van der Waals surface area (Å²) in [6.45, 7) is 6.17. The molecule has 0 spiro atoms. The molecule has 0 aromatic heterocycles. The van der Waals surface area contributed by atoms with Crippen LogP contribution in [-0.4, -0.2) is 44.8 Å². The zero-order valence-corrected chi connectivity index (χ0v) is 18.4. The van der Waals surface area contributed by atoms with Crippen molar-refractivity contribution in [3.8, 4) is 5.75 Å². The third-order valence-electron chi connectivity index (χ3n) is 2.99. The summed E-state index contributed by atoms with van der Waals surface area (Å²) in [7, 11) is 3.25. The molecule has 2 N–H and O–H groups in total. The van der Waals surface area contributed by atoms with Crippen molar-refractivity contribution in [3.63, 3.8) is 0 Å². The van der Waals surface area contributed by atoms with E-state index in [0.717, 1.165) is 17.7 Å². The van der Waals surface area contributed by atoms with E-state index in [0.29, 0.717) is 17.5 Å². The van der Waals surface area contributed by atoms with Crippen LogP contribution in [0.4, 0.5) is 0 Å². The minimum Gasteiger partial charge on any atom is -0.497 e. The number of methoxy groups -OCH3 is 1. The minimum atomic E-state index is -0.499. The summed E-state index contributed by atoms with van der Waals surface area (Å²) in [5.74, 6) is 0.931. The Hall–Kier alpha value is -1.22. The fraction of sp³-hybridized carbons (Fsp3) is 0.529. The molecule has 6 nitrogen and oxygen atoms in total. The van der Waals surface area contributed by atoms with Crippen LogP contribution in [0.1, 0.15) is 26.3 Å². The van der Waals surface area contributed by atoms with E-state index in [-0.39, 0.29) is 36.5 Å². The SMILES string of the molecule is CN=C(NCCc1ccc(OC)cc1Cl)NCC(=O)OC(C)(C)C.I. The van der Waals surface area contributed by atoms with Gasteiger partial charge in [-0.1, -0.05) is 17.7 Å². The Morgan fingerprint density at radius 1 is 1.28 bits per heavy atom. The zero-order valence-electron chi connectivity index (χ0n) is 15.3. The summed E-state index contributed by atoms with van der Waals surface area (Å²) < 4.78 is 10.4. The van der Waals surface area contributed by atoms with Crippen molar-refractivity contribution in [1.82, 2.24) is 10.6 Å². The first kappa shape index (κ1) is 23.8. The smallest absolute Gasteiger partial charge is 0.325 e. The first-order chi connectivity index (χ1) is 11.2. The number of benzene rings is 1. The third kappa shape index (κ3) is 9.74. The molecule has 142 valence electrons. The van der Waals surface area contributed by atoms with Crippen molar-refractivity contribution in [2.24, 2.45) is 4.99 Å². The summed E-state index contributed by atoms with van der Waals surface area (Å²) in [4.78, 5) is 15.8. The van der Waals surface area contributed by atoms with E-state index in [1.165, 1.54) is 0 Å². The molecule has 0 radical (unpaired) electrons. The molecule has 0 heterocycles. The van der Waals surface area contributed by atoms with Crippen LogP contribution in [0.15, 0.2) is 23.2 Å². The lowest BCUT2D eigenvalue weighted by molar-refractivity contribution is -0.153. The summed E-state index contributed by atoms with van der Waals surface area (Å²) >= 11 is 6.21. The Labute approximate surface area is 171 Å². The molecule has 0 unspecified atom stereocenters. The molecule has 8 heteroatoms. The van der Waals surface area contributed by atoms with Gasteiger partial charge in [0.15, 0.2) is 5.96 Å². The second-order valence-electron chi connectivity index (χ2n) is 6.15. The Morgan fingerprint density at radius 3 is 2.48 bits per heavy atom. The lowest BCUT2D eigenvalue weighted by Gasteiger charge is -2.20. The Kier molecular flexibility index (Phi) is 10.8. The van der Waals surface area contributed by atoms with Gasteiger partial charge in [-0.25, -0.2) is 0 Å². The monoisotopic (exact) mass is 483 g/mol. The Bertz CT molecular complexity index is 589. The highest BCUT2D eigenvalue weighted by Crippen LogP contribution is 2.22. The van der Waals surface area contributed by atoms with Crippen LogP contribution >= 0.6 is 35.6 Å². The quantitative estimate of drug-likeness (QED) is 0.282. The molecule has 0 fully saturated rings. The highest BCUT2D eigenvalue weighted by molar-refractivity contribution is 14.0. The van der Waals surface area contributed by atoms with Crippen LogP contribution < -0.4 is 15.4 Å². The van der Waals surface area contributed by atoms with Crippen molar-refractivity contribution in [2.75, 3.05) is 27.2 Å². The van der Waals surface area contributed by atoms with Gasteiger partial charge in [0.1, 0.15) is 17.9 Å². The zero-order chi connectivity index (χ0) is 18.2. The molecule has 0 aliphatic rings. The van der Waals surface area contributed by atoms with Gasteiger partial charge in [-0.15, -0.1) is 24.0 Å². The Morgan fingerprint density at radius 2 is 1.96 bits per heavy atom. The van der Waals surface area contributed by atoms with Gasteiger partial charge in [-0.3, -0.25) is 9.79 Å². The molecule has 0 saturated carbocycles. The summed E-state index contributed by atoms with van der Waals surface area (Å²) in [5, 5.41) is 6.72. The van der Waals surface area contributed by atoms with E-state index in [1.54, 1.807) is 20.2 Å². The molecule has 0 amide bonds. The van der Waals surface area contributed by atoms with Crippen molar-refractivity contribution in [3.05, 3.63) is 28.8 Å². The number of esters is 1. The molecular formula is C17H27ClIN3O3. The van der Waals surface area contributed by atoms with Crippen LogP contribution in [-0.2, 0) is 16.0 Å². The van der Waals surface area contributed by atoms with E-state index in [9.17, 15) is 4.79 Å². The van der Waals surface area contributed by atoms with Gasteiger partial charge >= 0.3 is 5.97 Å². The number of carbonyl (C=O) groups is 1. The fourth-order valence-electron chi connectivity index (χ4n) is 1.93. The number of hydrogen-bond donors (Lipinski definition) is 2. The highest BCUT2D eigenvalue weighted by Gasteiger charge is 2.16. The topological polar surface area (TPSA) is 72.0 Å². The molecule has 0 atom stereocenters. The van der Waals surface area contributed by atoms with Crippen molar-refractivity contribution in [1.29, 1.82) is 0 Å². The highest BCUT2D eigenvalue weighted by atomic mass is 127. The van der Waals surface area contributed by atoms with E-state index in [1.807, 2.05) is 32.9 Å². The standard InChI is InChI=1S/C17H26ClN3O3.HI/c1-17(2,3)24-15(22)11-21-16(19-4)20-9-8-12-6-7-13(23-5)10-14(12)18;/h6-7,10H,8-9,11H2,1-5H3,(H2,19,20,21);1H. The second kappa shape index (κ2) is 11.4. The number of hydrogen-bond acceptors (Lipinski definition) is 4. The average molecular weight is 484 g/mol. The fourth-order valence-corrected chi connectivity index (χ4v) is 2.19. The maximum Gasteiger partial charge on any atom is 0.325 e. The number of nitrogens with zero attached hydrogens (tertiary/aromatic N) is 1. The molecule has 1 rings (SSSR count). The molecule has 25 heavy (non-hydrogen) atoms. The lowest BCUT2D eigenvalue weighted by atomic mass is 10.1. The molecule has 1 aromatic carbocycles. The molecule has 1 aromatic rings. The number of halogens is 2. The maximum absolute atomic E-state index is 11.7. The normalized spacial score (nSPS) is 11.4. The number of aliphatic imine (C=N–C) groups is 1. The Balaban J connectivity index is 0.00000576. The van der Waals surface area contributed by atoms with E-state index in [4.69, 9.17) is 21.1 Å². The number of nitrogens with one attached hydrogen (secondary N) is 2. The minimum absolute atomic E-state index is 0. The first-order valence-corrected chi connectivity index (χ1v) is 8.11. The lowest BCUT2D eigenvalue weighted by Crippen LogP contribution is -2.42. The second-order valence-corrected chi connectivity index (χ2v) is 6.55. The van der Waals surface area contributed by atoms with Crippen LogP contribution in [0.25, 0.3) is 0 Å². The number of rotatable bonds is 6. The number of carbonyl (C=O) groups excluding carboxylic acids is 1. The molecule has 0 aliphatic carbocycles. The van der Waals surface area contributed by atoms with Gasteiger partial charge in [0.2, 0.25) is 0 Å². The molecular weight excluding hydrogens is 457 g/mol. The third-order valence-corrected chi connectivity index (χ3v) is 3.34. The van der Waals surface area contributed by atoms with Gasteiger partial charge in [-0.2, -0.15) is 0 Å². The van der Waals surface area contributed by atoms with Crippen LogP contribution in [0.5, 0.6) is 5.75 Å². The first-order valence-electron chi connectivity index (χ1n) is 7.74. The van der Waals surface area contributed by atoms with Gasteiger partial charge in [0.05, 0.1) is 7.11 Å². The van der Waals surface area contributed by atoms with Gasteiger partial charge in [0.25, 0.3) is 0 Å². The van der Waals surface area contributed by atoms with Crippen molar-refractivity contribution < 1.29 is 14.3 Å². The van der Waals surface area contributed by atoms with Gasteiger partial charge < -0.3 is 20.1 Å². The van der Waals surface area contributed by atoms with Crippen molar-refractivity contribution >= 4 is 47.5 Å². The van der Waals surface area contributed by atoms with Crippen molar-refractivity contribution in [2.45, 2.75) is 32.8 Å². The predicted molar refractivity (Wildman–Crippen MR) is 112 cm³/mol. The van der Waals surface area contributed by atoms with E-state index >= 15 is 0 Å². The van der Waals surface area contributed by atoms with E-state index < -0.39 is 5.60 Å². The largest absolute Gasteiger partial charge is 0.497 e. The number of ether oxygens (including phenoxy) is 2. The average Bonchev–Trinajstić information content (AvgIpc) is 2.50. The van der Waals surface area contributed by atoms with Gasteiger partial charge in [-0.05, 0) is 44.9 Å². The van der Waals surface area contributed by atoms with E-state index in [2.05, 4.69) is 15.6 Å². The summed E-state index contributed by atoms with van der Waals surface area (Å²) in [5.41, 5.74) is 0.508. The maximum atomic E-state index is 11.7. The van der Waals surface area contributed by atoms with Gasteiger partial charge in [0, 0.05) is 18.6 Å². The molecule has 0 bridgehead atoms. The van der Waals surface area contributed by atoms with Crippen LogP contribution in [0.2, 0.25) is 5.02 Å². The predicted octanol–water partition coefficient (Wildman–Crippen LogP) is 3.02. The summed E-state index contributed by atoms with van der Waals surface area (Å²) in [6.07, 6.45) is 0.718. The van der Waals surface area contributed by atoms with Crippen LogP contribution in [0.3, 0.4) is 0 Å². The van der Waals surface area contributed by atoms with Crippen LogP contribution in [0, 0.1) is 0 Å². The summed E-state index contributed by atoms with van der Waals surface area (Å²) in [6, 6.07) is 5.59. The molecule has 0 saturated heterocycles.